The zero-order valence-corrected chi connectivity index (χ0v) is 15.6. The van der Waals surface area contributed by atoms with Crippen molar-refractivity contribution in [1.82, 2.24) is 15.1 Å². The highest BCUT2D eigenvalue weighted by molar-refractivity contribution is 5.73. The third-order valence-electron chi connectivity index (χ3n) is 5.03. The standard InChI is InChI=1S/C21H29N3O2/c1-23(17-19-12-9-15-26-19)21(25)22-16-20(18-10-5-4-6-11-18)24-13-7-2-3-8-14-24/h4-6,9-12,15,20H,2-3,7-8,13-14,16-17H2,1H3,(H,22,25)/t20-/m0/s1. The van der Waals surface area contributed by atoms with E-state index in [1.54, 1.807) is 18.2 Å². The van der Waals surface area contributed by atoms with Gasteiger partial charge >= 0.3 is 6.03 Å². The van der Waals surface area contributed by atoms with E-state index in [1.165, 1.54) is 31.2 Å². The first-order valence-corrected chi connectivity index (χ1v) is 9.54. The summed E-state index contributed by atoms with van der Waals surface area (Å²) in [5.74, 6) is 0.787. The van der Waals surface area contributed by atoms with E-state index in [9.17, 15) is 4.79 Å². The normalized spacial score (nSPS) is 16.7. The van der Waals surface area contributed by atoms with Gasteiger partial charge in [-0.3, -0.25) is 4.90 Å². The van der Waals surface area contributed by atoms with E-state index >= 15 is 0 Å². The van der Waals surface area contributed by atoms with Crippen molar-refractivity contribution in [3.05, 3.63) is 60.1 Å². The van der Waals surface area contributed by atoms with Crippen LogP contribution in [0.4, 0.5) is 4.79 Å². The Hall–Kier alpha value is -2.27. The van der Waals surface area contributed by atoms with Crippen LogP contribution in [0.5, 0.6) is 0 Å². The summed E-state index contributed by atoms with van der Waals surface area (Å²) >= 11 is 0. The SMILES string of the molecule is CN(Cc1ccco1)C(=O)NC[C@@H](c1ccccc1)N1CCCCCC1. The number of benzene rings is 1. The Kier molecular flexibility index (Phi) is 6.72. The van der Waals surface area contributed by atoms with E-state index in [0.29, 0.717) is 13.1 Å². The van der Waals surface area contributed by atoms with Crippen LogP contribution < -0.4 is 5.32 Å². The van der Waals surface area contributed by atoms with Gasteiger partial charge in [0.2, 0.25) is 0 Å². The molecule has 2 heterocycles. The Labute approximate surface area is 156 Å². The topological polar surface area (TPSA) is 48.7 Å². The minimum absolute atomic E-state index is 0.0721. The van der Waals surface area contributed by atoms with Gasteiger partial charge in [-0.15, -0.1) is 0 Å². The Morgan fingerprint density at radius 3 is 2.50 bits per heavy atom. The van der Waals surface area contributed by atoms with Crippen LogP contribution in [0.2, 0.25) is 0 Å². The molecule has 0 unspecified atom stereocenters. The predicted octanol–water partition coefficient (Wildman–Crippen LogP) is 4.04. The van der Waals surface area contributed by atoms with E-state index in [0.717, 1.165) is 18.8 Å². The van der Waals surface area contributed by atoms with Crippen LogP contribution in [0.15, 0.2) is 53.1 Å². The van der Waals surface area contributed by atoms with Crippen molar-refractivity contribution in [1.29, 1.82) is 0 Å². The Balaban J connectivity index is 1.62. The minimum Gasteiger partial charge on any atom is -0.467 e. The fraction of sp³-hybridized carbons (Fsp3) is 0.476. The first-order chi connectivity index (χ1) is 12.7. The first kappa shape index (κ1) is 18.5. The zero-order valence-electron chi connectivity index (χ0n) is 15.6. The fourth-order valence-electron chi connectivity index (χ4n) is 3.57. The molecule has 5 nitrogen and oxygen atoms in total. The minimum atomic E-state index is -0.0721. The maximum Gasteiger partial charge on any atom is 0.317 e. The van der Waals surface area contributed by atoms with Crippen molar-refractivity contribution in [2.24, 2.45) is 0 Å². The van der Waals surface area contributed by atoms with Crippen molar-refractivity contribution in [2.45, 2.75) is 38.3 Å². The van der Waals surface area contributed by atoms with Gasteiger partial charge in [-0.2, -0.15) is 0 Å². The fourth-order valence-corrected chi connectivity index (χ4v) is 3.57. The summed E-state index contributed by atoms with van der Waals surface area (Å²) in [7, 11) is 1.79. The molecule has 1 fully saturated rings. The molecular formula is C21H29N3O2. The van der Waals surface area contributed by atoms with Gasteiger partial charge in [-0.05, 0) is 43.6 Å². The van der Waals surface area contributed by atoms with Crippen molar-refractivity contribution in [3.8, 4) is 0 Å². The van der Waals surface area contributed by atoms with Crippen LogP contribution >= 0.6 is 0 Å². The van der Waals surface area contributed by atoms with Gasteiger partial charge in [0.1, 0.15) is 5.76 Å². The second kappa shape index (κ2) is 9.43. The molecule has 0 saturated carbocycles. The molecule has 1 aliphatic rings. The van der Waals surface area contributed by atoms with Crippen LogP contribution in [-0.4, -0.2) is 42.5 Å². The van der Waals surface area contributed by atoms with Crippen molar-refractivity contribution < 1.29 is 9.21 Å². The van der Waals surface area contributed by atoms with E-state index < -0.39 is 0 Å². The quantitative estimate of drug-likeness (QED) is 0.851. The third-order valence-corrected chi connectivity index (χ3v) is 5.03. The lowest BCUT2D eigenvalue weighted by Gasteiger charge is -2.31. The number of nitrogens with zero attached hydrogens (tertiary/aromatic N) is 2. The predicted molar refractivity (Wildman–Crippen MR) is 103 cm³/mol. The number of amides is 2. The molecule has 0 aliphatic carbocycles. The number of furan rings is 1. The van der Waals surface area contributed by atoms with Crippen LogP contribution in [0.1, 0.15) is 43.0 Å². The van der Waals surface area contributed by atoms with Gasteiger partial charge in [0, 0.05) is 13.6 Å². The second-order valence-corrected chi connectivity index (χ2v) is 7.00. The summed E-state index contributed by atoms with van der Waals surface area (Å²) in [6.45, 7) is 3.28. The highest BCUT2D eigenvalue weighted by atomic mass is 16.3. The highest BCUT2D eigenvalue weighted by Crippen LogP contribution is 2.23. The summed E-state index contributed by atoms with van der Waals surface area (Å²) < 4.78 is 5.33. The zero-order chi connectivity index (χ0) is 18.2. The number of nitrogens with one attached hydrogen (secondary N) is 1. The monoisotopic (exact) mass is 355 g/mol. The van der Waals surface area contributed by atoms with Crippen LogP contribution in [0.25, 0.3) is 0 Å². The Morgan fingerprint density at radius 2 is 1.85 bits per heavy atom. The largest absolute Gasteiger partial charge is 0.467 e. The molecule has 1 atom stereocenters. The number of likely N-dealkylation sites (tertiary alicyclic amines) is 1. The third kappa shape index (κ3) is 5.11. The van der Waals surface area contributed by atoms with Gasteiger partial charge in [0.05, 0.1) is 18.8 Å². The molecule has 26 heavy (non-hydrogen) atoms. The van der Waals surface area contributed by atoms with Gasteiger partial charge in [0.15, 0.2) is 0 Å². The van der Waals surface area contributed by atoms with Crippen LogP contribution in [0, 0.1) is 0 Å². The number of carbonyl (C=O) groups excluding carboxylic acids is 1. The molecule has 140 valence electrons. The average Bonchev–Trinajstić information content (AvgIpc) is 3.03. The highest BCUT2D eigenvalue weighted by Gasteiger charge is 2.22. The number of rotatable bonds is 6. The number of urea groups is 1. The summed E-state index contributed by atoms with van der Waals surface area (Å²) in [5, 5.41) is 3.11. The van der Waals surface area contributed by atoms with Crippen molar-refractivity contribution in [3.63, 3.8) is 0 Å². The van der Waals surface area contributed by atoms with E-state index in [2.05, 4.69) is 34.5 Å². The van der Waals surface area contributed by atoms with E-state index in [4.69, 9.17) is 4.42 Å². The van der Waals surface area contributed by atoms with Gasteiger partial charge in [-0.25, -0.2) is 4.79 Å². The molecule has 0 spiro atoms. The van der Waals surface area contributed by atoms with E-state index in [1.807, 2.05) is 18.2 Å². The second-order valence-electron chi connectivity index (χ2n) is 7.00. The molecule has 2 aromatic rings. The van der Waals surface area contributed by atoms with Gasteiger partial charge < -0.3 is 14.6 Å². The summed E-state index contributed by atoms with van der Waals surface area (Å²) in [4.78, 5) is 16.7. The molecule has 1 aromatic carbocycles. The Bertz CT molecular complexity index is 649. The Morgan fingerprint density at radius 1 is 1.12 bits per heavy atom. The summed E-state index contributed by atoms with van der Waals surface area (Å²) in [6.07, 6.45) is 6.70. The van der Waals surface area contributed by atoms with Gasteiger partial charge in [-0.1, -0.05) is 43.2 Å². The molecular weight excluding hydrogens is 326 g/mol. The number of hydrogen-bond acceptors (Lipinski definition) is 3. The lowest BCUT2D eigenvalue weighted by molar-refractivity contribution is 0.181. The molecule has 2 amide bonds. The molecule has 0 radical (unpaired) electrons. The molecule has 1 aliphatic heterocycles. The van der Waals surface area contributed by atoms with Crippen LogP contribution in [0.3, 0.4) is 0 Å². The van der Waals surface area contributed by atoms with Crippen molar-refractivity contribution >= 4 is 6.03 Å². The molecule has 0 bridgehead atoms. The maximum atomic E-state index is 12.5. The summed E-state index contributed by atoms with van der Waals surface area (Å²) in [5.41, 5.74) is 1.27. The number of carbonyl (C=O) groups is 1. The lowest BCUT2D eigenvalue weighted by Crippen LogP contribution is -2.43. The summed E-state index contributed by atoms with van der Waals surface area (Å²) in [6, 6.07) is 14.4. The first-order valence-electron chi connectivity index (χ1n) is 9.54. The van der Waals surface area contributed by atoms with Crippen LogP contribution in [-0.2, 0) is 6.54 Å². The molecule has 1 saturated heterocycles. The average molecular weight is 355 g/mol. The molecule has 1 N–H and O–H groups in total. The number of hydrogen-bond donors (Lipinski definition) is 1. The molecule has 3 rings (SSSR count). The maximum absolute atomic E-state index is 12.5. The lowest BCUT2D eigenvalue weighted by atomic mass is 10.0. The molecule has 1 aromatic heterocycles. The molecule has 5 heteroatoms. The van der Waals surface area contributed by atoms with Crippen molar-refractivity contribution in [2.75, 3.05) is 26.7 Å². The van der Waals surface area contributed by atoms with E-state index in [-0.39, 0.29) is 12.1 Å². The smallest absolute Gasteiger partial charge is 0.317 e. The van der Waals surface area contributed by atoms with Gasteiger partial charge in [0.25, 0.3) is 0 Å².